The van der Waals surface area contributed by atoms with E-state index in [-0.39, 0.29) is 42.7 Å². The Morgan fingerprint density at radius 2 is 0.987 bits per heavy atom. The Bertz CT molecular complexity index is 3750. The zero-order valence-electron chi connectivity index (χ0n) is 45.9. The topological polar surface area (TPSA) is 33.5 Å². The second-order valence-corrected chi connectivity index (χ2v) is 24.3. The summed E-state index contributed by atoms with van der Waals surface area (Å²) in [7, 11) is 0. The van der Waals surface area contributed by atoms with Crippen molar-refractivity contribution in [2.75, 3.05) is 9.80 Å². The molecule has 0 fully saturated rings. The molecule has 0 saturated heterocycles. The summed E-state index contributed by atoms with van der Waals surface area (Å²) in [6.07, 6.45) is 2.06. The van der Waals surface area contributed by atoms with Gasteiger partial charge in [-0.25, -0.2) is 4.98 Å². The van der Waals surface area contributed by atoms with Crippen LogP contribution in [0.2, 0.25) is 0 Å². The summed E-state index contributed by atoms with van der Waals surface area (Å²) in [5.41, 5.74) is 18.0. The molecule has 0 atom stereocenters. The third-order valence-corrected chi connectivity index (χ3v) is 14.8. The smallest absolute Gasteiger partial charge is 0.135 e. The van der Waals surface area contributed by atoms with E-state index in [1.807, 2.05) is 18.2 Å². The first-order chi connectivity index (χ1) is 35.7. The van der Waals surface area contributed by atoms with Gasteiger partial charge < -0.3 is 19.1 Å². The molecule has 0 radical (unpaired) electrons. The molecule has 1 aliphatic heterocycles. The van der Waals surface area contributed by atoms with Gasteiger partial charge in [0, 0.05) is 78.0 Å². The fraction of sp³-hybridized carbons (Fsp3) is 0.229. The van der Waals surface area contributed by atoms with Gasteiger partial charge in [0.25, 0.3) is 0 Å². The SMILES string of the molecule is CC(C)(C)c1ccc(-c2cnc(-n3c4[c-]c(Oc5[c-]c(N6[CH-]N(c7c(-c8ccccc8)cccc7-c7ccc(C(C)(C)C)cc7)c7ccccc76)ccc5)ccc4c4cc(C(C)(C)C)ccc43)cc2C(C)(C)C)cc1.[Pt]. The van der Waals surface area contributed by atoms with E-state index in [0.717, 1.165) is 83.8 Å². The minimum atomic E-state index is -0.164. The Morgan fingerprint density at radius 3 is 1.59 bits per heavy atom. The van der Waals surface area contributed by atoms with Crippen molar-refractivity contribution in [3.05, 3.63) is 223 Å². The summed E-state index contributed by atoms with van der Waals surface area (Å²) in [6, 6.07) is 70.9. The largest absolute Gasteiger partial charge is 0.509 e. The Kier molecular flexibility index (Phi) is 13.6. The molecule has 8 aromatic carbocycles. The molecular weight excluding hydrogens is 1110 g/mol. The fourth-order valence-electron chi connectivity index (χ4n) is 10.5. The van der Waals surface area contributed by atoms with Gasteiger partial charge >= 0.3 is 0 Å². The zero-order valence-corrected chi connectivity index (χ0v) is 48.2. The van der Waals surface area contributed by atoms with Crippen LogP contribution in [0.25, 0.3) is 61.0 Å². The van der Waals surface area contributed by atoms with E-state index in [0.29, 0.717) is 11.5 Å². The predicted molar refractivity (Wildman–Crippen MR) is 315 cm³/mol. The standard InChI is InChI=1S/C70H67N4O.Pt/c1-67(2,3)49-32-28-47(29-33-49)56-25-19-24-55(46-20-14-13-15-21-46)66(56)73-45-72(62-26-16-17-27-63(62)73)52-22-18-23-53(41-52)75-54-37-38-57-58-40-51(69(7,8)9)36-39-61(58)74(64(57)42-54)65-43-60(70(10,11)12)59(44-71-65)48-30-34-50(35-31-48)68(4,5)6;/h13-40,43-45H,1-12H3;/q-3;. The van der Waals surface area contributed by atoms with Crippen molar-refractivity contribution in [3.8, 4) is 50.7 Å². The second kappa shape index (κ2) is 19.7. The predicted octanol–water partition coefficient (Wildman–Crippen LogP) is 19.2. The van der Waals surface area contributed by atoms with Gasteiger partial charge in [-0.05, 0) is 90.3 Å². The minimum absolute atomic E-state index is 0. The summed E-state index contributed by atoms with van der Waals surface area (Å²) >= 11 is 0. The Labute approximate surface area is 465 Å². The number of benzene rings is 8. The van der Waals surface area contributed by atoms with Crippen molar-refractivity contribution < 1.29 is 25.8 Å². The third kappa shape index (κ3) is 9.91. The van der Waals surface area contributed by atoms with Crippen LogP contribution in [0, 0.1) is 18.8 Å². The Hall–Kier alpha value is -7.20. The van der Waals surface area contributed by atoms with E-state index < -0.39 is 0 Å². The molecule has 10 aromatic rings. The van der Waals surface area contributed by atoms with Crippen LogP contribution in [0.3, 0.4) is 0 Å². The normalized spacial score (nSPS) is 13.1. The maximum absolute atomic E-state index is 6.83. The number of nitrogens with zero attached hydrogens (tertiary/aromatic N) is 4. The van der Waals surface area contributed by atoms with Crippen LogP contribution in [0.15, 0.2) is 182 Å². The molecule has 6 heteroatoms. The van der Waals surface area contributed by atoms with Gasteiger partial charge in [-0.2, -0.15) is 12.1 Å². The molecule has 0 amide bonds. The number of fused-ring (bicyclic) bond motifs is 4. The molecule has 0 bridgehead atoms. The van der Waals surface area contributed by atoms with E-state index in [2.05, 4.69) is 280 Å². The first-order valence-corrected chi connectivity index (χ1v) is 26.4. The minimum Gasteiger partial charge on any atom is -0.509 e. The molecule has 0 unspecified atom stereocenters. The Balaban J connectivity index is 0.00000657. The number of ether oxygens (including phenoxy) is 1. The summed E-state index contributed by atoms with van der Waals surface area (Å²) in [5.74, 6) is 2.02. The van der Waals surface area contributed by atoms with E-state index in [9.17, 15) is 0 Å². The van der Waals surface area contributed by atoms with Gasteiger partial charge in [-0.15, -0.1) is 48.1 Å². The quantitative estimate of drug-likeness (QED) is 0.142. The number of pyridine rings is 1. The van der Waals surface area contributed by atoms with Crippen molar-refractivity contribution in [3.63, 3.8) is 0 Å². The molecule has 5 nitrogen and oxygen atoms in total. The van der Waals surface area contributed by atoms with Crippen LogP contribution in [-0.2, 0) is 42.7 Å². The maximum atomic E-state index is 6.83. The average Bonchev–Trinajstić information content (AvgIpc) is 3.97. The average molecular weight is 1180 g/mol. The van der Waals surface area contributed by atoms with Crippen molar-refractivity contribution in [2.45, 2.75) is 105 Å². The number of hydrogen-bond donors (Lipinski definition) is 0. The van der Waals surface area contributed by atoms with Gasteiger partial charge in [0.2, 0.25) is 0 Å². The molecule has 1 aliphatic rings. The Morgan fingerprint density at radius 1 is 0.447 bits per heavy atom. The summed E-state index contributed by atoms with van der Waals surface area (Å²) in [4.78, 5) is 9.83. The molecule has 76 heavy (non-hydrogen) atoms. The molecule has 0 aliphatic carbocycles. The van der Waals surface area contributed by atoms with Gasteiger partial charge in [0.1, 0.15) is 5.82 Å². The third-order valence-electron chi connectivity index (χ3n) is 14.8. The number of rotatable bonds is 8. The van der Waals surface area contributed by atoms with Crippen LogP contribution in [-0.4, -0.2) is 9.55 Å². The van der Waals surface area contributed by atoms with Crippen LogP contribution >= 0.6 is 0 Å². The van der Waals surface area contributed by atoms with Crippen molar-refractivity contribution >= 4 is 44.6 Å². The second-order valence-electron chi connectivity index (χ2n) is 24.3. The van der Waals surface area contributed by atoms with E-state index in [4.69, 9.17) is 9.72 Å². The monoisotopic (exact) mass is 1170 g/mol. The molecule has 0 N–H and O–H groups in total. The molecule has 386 valence electrons. The zero-order chi connectivity index (χ0) is 52.6. The first-order valence-electron chi connectivity index (χ1n) is 26.4. The van der Waals surface area contributed by atoms with Crippen molar-refractivity contribution in [2.24, 2.45) is 0 Å². The van der Waals surface area contributed by atoms with Crippen LogP contribution in [0.5, 0.6) is 11.5 Å². The first kappa shape index (κ1) is 52.2. The molecular formula is C70H67N4OPt-3. The number of para-hydroxylation sites is 3. The number of anilines is 4. The maximum Gasteiger partial charge on any atom is 0.135 e. The molecule has 2 aromatic heterocycles. The van der Waals surface area contributed by atoms with Gasteiger partial charge in [0.05, 0.1) is 0 Å². The summed E-state index contributed by atoms with van der Waals surface area (Å²) in [5, 5.41) is 2.24. The molecule has 0 spiro atoms. The van der Waals surface area contributed by atoms with Crippen molar-refractivity contribution in [1.82, 2.24) is 9.55 Å². The molecule has 3 heterocycles. The van der Waals surface area contributed by atoms with Crippen molar-refractivity contribution in [1.29, 1.82) is 0 Å². The molecule has 11 rings (SSSR count). The van der Waals surface area contributed by atoms with E-state index in [1.54, 1.807) is 0 Å². The van der Waals surface area contributed by atoms with Gasteiger partial charge in [-0.1, -0.05) is 210 Å². The van der Waals surface area contributed by atoms with Crippen LogP contribution < -0.4 is 14.5 Å². The number of hydrogen-bond acceptors (Lipinski definition) is 4. The van der Waals surface area contributed by atoms with Gasteiger partial charge in [0.15, 0.2) is 0 Å². The number of aromatic nitrogens is 2. The summed E-state index contributed by atoms with van der Waals surface area (Å²) < 4.78 is 9.09. The van der Waals surface area contributed by atoms with Crippen LogP contribution in [0.4, 0.5) is 22.7 Å². The van der Waals surface area contributed by atoms with Crippen LogP contribution in [0.1, 0.15) is 105 Å². The fourth-order valence-corrected chi connectivity index (χ4v) is 10.5. The van der Waals surface area contributed by atoms with E-state index >= 15 is 0 Å². The molecule has 0 saturated carbocycles. The van der Waals surface area contributed by atoms with E-state index in [1.165, 1.54) is 22.3 Å². The van der Waals surface area contributed by atoms with Gasteiger partial charge in [-0.3, -0.25) is 0 Å². The summed E-state index contributed by atoms with van der Waals surface area (Å²) in [6.45, 7) is 29.4.